The molecule has 1 saturated carbocycles. The summed E-state index contributed by atoms with van der Waals surface area (Å²) in [5.74, 6) is -0.327. The number of imide groups is 1. The molecule has 0 aromatic carbocycles. The van der Waals surface area contributed by atoms with E-state index in [0.717, 1.165) is 28.6 Å². The second-order valence-corrected chi connectivity index (χ2v) is 8.20. The fourth-order valence-corrected chi connectivity index (χ4v) is 4.70. The van der Waals surface area contributed by atoms with Crippen LogP contribution in [0.3, 0.4) is 0 Å². The van der Waals surface area contributed by atoms with Crippen molar-refractivity contribution in [1.29, 1.82) is 0 Å². The molecule has 3 rings (SSSR count). The number of amides is 4. The van der Waals surface area contributed by atoms with E-state index in [-0.39, 0.29) is 30.8 Å². The van der Waals surface area contributed by atoms with Crippen LogP contribution in [0.15, 0.2) is 15.9 Å². The van der Waals surface area contributed by atoms with E-state index in [1.165, 1.54) is 4.90 Å². The van der Waals surface area contributed by atoms with Crippen molar-refractivity contribution in [3.8, 4) is 0 Å². The van der Waals surface area contributed by atoms with Crippen LogP contribution in [-0.4, -0.2) is 34.8 Å². The monoisotopic (exact) mass is 413 g/mol. The third-order valence-corrected chi connectivity index (χ3v) is 6.29. The van der Waals surface area contributed by atoms with Crippen LogP contribution in [0.25, 0.3) is 0 Å². The number of hydrogen-bond donors (Lipinski definition) is 2. The first-order valence-corrected chi connectivity index (χ1v) is 9.81. The lowest BCUT2D eigenvalue weighted by Gasteiger charge is -2.30. The minimum absolute atomic E-state index is 0.127. The minimum atomic E-state index is -0.713. The molecule has 1 spiro atoms. The van der Waals surface area contributed by atoms with Crippen molar-refractivity contribution in [2.24, 2.45) is 0 Å². The highest BCUT2D eigenvalue weighted by Crippen LogP contribution is 2.33. The van der Waals surface area contributed by atoms with E-state index in [4.69, 9.17) is 0 Å². The molecule has 1 saturated heterocycles. The quantitative estimate of drug-likeness (QED) is 0.728. The van der Waals surface area contributed by atoms with Gasteiger partial charge in [0.15, 0.2) is 0 Å². The lowest BCUT2D eigenvalue weighted by Crippen LogP contribution is -2.48. The summed E-state index contributed by atoms with van der Waals surface area (Å²) in [6.45, 7) is 0.589. The average molecular weight is 414 g/mol. The van der Waals surface area contributed by atoms with Crippen LogP contribution in [-0.2, 0) is 16.1 Å². The van der Waals surface area contributed by atoms with Crippen molar-refractivity contribution in [2.75, 3.05) is 6.54 Å². The van der Waals surface area contributed by atoms with E-state index in [1.54, 1.807) is 11.3 Å². The number of thiophene rings is 1. The first-order valence-electron chi connectivity index (χ1n) is 8.14. The smallest absolute Gasteiger partial charge is 0.325 e. The van der Waals surface area contributed by atoms with Crippen molar-refractivity contribution < 1.29 is 14.4 Å². The van der Waals surface area contributed by atoms with Gasteiger partial charge in [0.1, 0.15) is 5.54 Å². The predicted molar refractivity (Wildman–Crippen MR) is 94.5 cm³/mol. The van der Waals surface area contributed by atoms with E-state index in [2.05, 4.69) is 26.6 Å². The summed E-state index contributed by atoms with van der Waals surface area (Å²) in [4.78, 5) is 38.9. The Labute approximate surface area is 153 Å². The molecule has 6 nitrogen and oxygen atoms in total. The Hall–Kier alpha value is -1.41. The lowest BCUT2D eigenvalue weighted by atomic mass is 9.82. The first kappa shape index (κ1) is 17.4. The fraction of sp³-hybridized carbons (Fsp3) is 0.562. The van der Waals surface area contributed by atoms with E-state index in [0.29, 0.717) is 19.4 Å². The molecular formula is C16H20BrN3O3S. The van der Waals surface area contributed by atoms with Crippen molar-refractivity contribution in [2.45, 2.75) is 50.6 Å². The third-order valence-electron chi connectivity index (χ3n) is 4.60. The number of halogens is 1. The number of nitrogens with zero attached hydrogens (tertiary/aromatic N) is 1. The molecule has 1 aromatic heterocycles. The lowest BCUT2D eigenvalue weighted by molar-refractivity contribution is -0.132. The summed E-state index contributed by atoms with van der Waals surface area (Å²) in [6.07, 6.45) is 4.54. The van der Waals surface area contributed by atoms with Crippen molar-refractivity contribution in [3.05, 3.63) is 20.8 Å². The Morgan fingerprint density at radius 1 is 1.33 bits per heavy atom. The summed E-state index contributed by atoms with van der Waals surface area (Å²) in [5, 5.41) is 7.63. The molecule has 1 aromatic rings. The number of urea groups is 1. The summed E-state index contributed by atoms with van der Waals surface area (Å²) < 4.78 is 0.994. The van der Waals surface area contributed by atoms with Gasteiger partial charge < -0.3 is 10.6 Å². The Morgan fingerprint density at radius 2 is 2.08 bits per heavy atom. The molecule has 2 heterocycles. The molecule has 24 heavy (non-hydrogen) atoms. The van der Waals surface area contributed by atoms with Gasteiger partial charge in [0.25, 0.3) is 5.91 Å². The fourth-order valence-electron chi connectivity index (χ4n) is 3.31. The Morgan fingerprint density at radius 3 is 2.75 bits per heavy atom. The normalized spacial score (nSPS) is 19.6. The molecule has 1 aliphatic carbocycles. The van der Waals surface area contributed by atoms with Gasteiger partial charge in [-0.05, 0) is 34.8 Å². The molecule has 0 unspecified atom stereocenters. The van der Waals surface area contributed by atoms with Crippen LogP contribution >= 0.6 is 27.3 Å². The summed E-state index contributed by atoms with van der Waals surface area (Å²) in [5.41, 5.74) is -0.713. The molecule has 8 heteroatoms. The van der Waals surface area contributed by atoms with E-state index in [9.17, 15) is 14.4 Å². The zero-order valence-corrected chi connectivity index (χ0v) is 15.7. The van der Waals surface area contributed by atoms with Crippen LogP contribution in [0, 0.1) is 0 Å². The van der Waals surface area contributed by atoms with Gasteiger partial charge in [-0.1, -0.05) is 19.3 Å². The molecule has 130 valence electrons. The van der Waals surface area contributed by atoms with Gasteiger partial charge >= 0.3 is 6.03 Å². The molecule has 0 atom stereocenters. The zero-order chi connectivity index (χ0) is 17.2. The number of carbonyl (C=O) groups excluding carboxylic acids is 3. The maximum atomic E-state index is 12.6. The highest BCUT2D eigenvalue weighted by atomic mass is 79.9. The van der Waals surface area contributed by atoms with Gasteiger partial charge in [0.05, 0.1) is 6.54 Å². The molecule has 0 bridgehead atoms. The van der Waals surface area contributed by atoms with Gasteiger partial charge in [0.2, 0.25) is 5.91 Å². The predicted octanol–water partition coefficient (Wildman–Crippen LogP) is 2.77. The molecular weight excluding hydrogens is 394 g/mol. The summed E-state index contributed by atoms with van der Waals surface area (Å²) in [6, 6.07) is 1.59. The van der Waals surface area contributed by atoms with Gasteiger partial charge in [-0.3, -0.25) is 14.5 Å². The second-order valence-electron chi connectivity index (χ2n) is 6.29. The SMILES string of the molecule is O=C(CCN1C(=O)NC2(CCCCC2)C1=O)NCc1cc(Br)cs1. The largest absolute Gasteiger partial charge is 0.351 e. The molecule has 2 aliphatic rings. The topological polar surface area (TPSA) is 78.5 Å². The number of hydrogen-bond acceptors (Lipinski definition) is 4. The van der Waals surface area contributed by atoms with Gasteiger partial charge in [-0.25, -0.2) is 4.79 Å². The van der Waals surface area contributed by atoms with E-state index in [1.807, 2.05) is 11.4 Å². The highest BCUT2D eigenvalue weighted by Gasteiger charge is 2.50. The van der Waals surface area contributed by atoms with Crippen molar-refractivity contribution >= 4 is 45.1 Å². The maximum absolute atomic E-state index is 12.6. The number of nitrogens with one attached hydrogen (secondary N) is 2. The maximum Gasteiger partial charge on any atom is 0.325 e. The molecule has 0 radical (unpaired) electrons. The van der Waals surface area contributed by atoms with Crippen LogP contribution in [0.5, 0.6) is 0 Å². The van der Waals surface area contributed by atoms with Crippen LogP contribution in [0.4, 0.5) is 4.79 Å². The Balaban J connectivity index is 1.49. The first-order chi connectivity index (χ1) is 11.5. The molecule has 1 aliphatic heterocycles. The number of carbonyl (C=O) groups is 3. The van der Waals surface area contributed by atoms with Crippen LogP contribution in [0.1, 0.15) is 43.4 Å². The molecule has 2 fully saturated rings. The van der Waals surface area contributed by atoms with Crippen LogP contribution < -0.4 is 10.6 Å². The van der Waals surface area contributed by atoms with E-state index < -0.39 is 5.54 Å². The third kappa shape index (κ3) is 3.64. The zero-order valence-electron chi connectivity index (χ0n) is 13.3. The minimum Gasteiger partial charge on any atom is -0.351 e. The molecule has 4 amide bonds. The average Bonchev–Trinajstić information content (AvgIpc) is 3.07. The molecule has 2 N–H and O–H groups in total. The van der Waals surface area contributed by atoms with Gasteiger partial charge in [0, 0.05) is 27.7 Å². The van der Waals surface area contributed by atoms with Crippen molar-refractivity contribution in [3.63, 3.8) is 0 Å². The summed E-state index contributed by atoms with van der Waals surface area (Å²) in [7, 11) is 0. The Kier molecular flexibility index (Phi) is 5.24. The Bertz CT molecular complexity index is 655. The standard InChI is InChI=1S/C16H20BrN3O3S/c17-11-8-12(24-10-11)9-18-13(21)4-7-20-14(22)16(19-15(20)23)5-2-1-3-6-16/h8,10H,1-7,9H2,(H,18,21)(H,19,23). The van der Waals surface area contributed by atoms with E-state index >= 15 is 0 Å². The van der Waals surface area contributed by atoms with Crippen LogP contribution in [0.2, 0.25) is 0 Å². The van der Waals surface area contributed by atoms with Gasteiger partial charge in [-0.15, -0.1) is 11.3 Å². The summed E-state index contributed by atoms with van der Waals surface area (Å²) >= 11 is 4.93. The van der Waals surface area contributed by atoms with Gasteiger partial charge in [-0.2, -0.15) is 0 Å². The second kappa shape index (κ2) is 7.23. The number of rotatable bonds is 5. The van der Waals surface area contributed by atoms with Crippen molar-refractivity contribution in [1.82, 2.24) is 15.5 Å². The highest BCUT2D eigenvalue weighted by molar-refractivity contribution is 9.10.